The summed E-state index contributed by atoms with van der Waals surface area (Å²) in [5.74, 6) is -1.71. The summed E-state index contributed by atoms with van der Waals surface area (Å²) >= 11 is 0. The van der Waals surface area contributed by atoms with Crippen molar-refractivity contribution in [2.75, 3.05) is 17.7 Å². The minimum absolute atomic E-state index is 0.231. The first kappa shape index (κ1) is 27.0. The Balaban J connectivity index is 0.000000479. The summed E-state index contributed by atoms with van der Waals surface area (Å²) in [6.07, 6.45) is -3.53. The molecule has 0 spiro atoms. The molecule has 0 atom stereocenters. The lowest BCUT2D eigenvalue weighted by atomic mass is 10.1. The maximum Gasteiger partial charge on any atom is 0.490 e. The number of aliphatic hydroxyl groups excluding tert-OH is 1. The third-order valence-corrected chi connectivity index (χ3v) is 5.05. The molecule has 0 radical (unpaired) electrons. The number of hydrogen-bond donors (Lipinski definition) is 5. The van der Waals surface area contributed by atoms with Crippen LogP contribution in [0.1, 0.15) is 16.7 Å². The van der Waals surface area contributed by atoms with Gasteiger partial charge in [0.2, 0.25) is 5.95 Å². The van der Waals surface area contributed by atoms with Crippen molar-refractivity contribution in [1.82, 2.24) is 15.0 Å². The van der Waals surface area contributed by atoms with Crippen molar-refractivity contribution < 1.29 is 37.3 Å². The molecule has 0 unspecified atom stereocenters. The maximum atomic E-state index is 11.4. The fourth-order valence-corrected chi connectivity index (χ4v) is 3.10. The van der Waals surface area contributed by atoms with Crippen molar-refractivity contribution in [3.8, 4) is 5.75 Å². The Morgan fingerprint density at radius 1 is 1.16 bits per heavy atom. The molecule has 0 fully saturated rings. The quantitative estimate of drug-likeness (QED) is 0.249. The number of methoxy groups -OCH3 is 1. The molecular formula is C23H22F3N5O6. The fourth-order valence-electron chi connectivity index (χ4n) is 3.10. The van der Waals surface area contributed by atoms with Gasteiger partial charge in [-0.2, -0.15) is 18.2 Å². The van der Waals surface area contributed by atoms with Gasteiger partial charge in [0, 0.05) is 29.2 Å². The van der Waals surface area contributed by atoms with Crippen molar-refractivity contribution in [3.05, 3.63) is 63.8 Å². The molecule has 4 rings (SSSR count). The Morgan fingerprint density at radius 3 is 2.49 bits per heavy atom. The number of H-pyrrole nitrogens is 1. The third-order valence-electron chi connectivity index (χ3n) is 5.05. The minimum Gasteiger partial charge on any atom is -0.496 e. The van der Waals surface area contributed by atoms with Crippen LogP contribution in [0.25, 0.3) is 11.1 Å². The summed E-state index contributed by atoms with van der Waals surface area (Å²) in [5.41, 5.74) is 5.15. The second-order valence-electron chi connectivity index (χ2n) is 7.62. The van der Waals surface area contributed by atoms with Crippen LogP contribution in [0.5, 0.6) is 5.75 Å². The number of aryl methyl sites for hydroxylation is 1. The number of ether oxygens (including phenoxy) is 1. The number of nitrogens with one attached hydrogen (secondary N) is 3. The topological polar surface area (TPSA) is 163 Å². The highest BCUT2D eigenvalue weighted by molar-refractivity contribution is 5.78. The van der Waals surface area contributed by atoms with Crippen LogP contribution < -0.4 is 21.1 Å². The van der Waals surface area contributed by atoms with Gasteiger partial charge in [-0.25, -0.2) is 14.6 Å². The molecule has 11 nitrogen and oxygen atoms in total. The number of carboxylic acid groups (broad SMARTS) is 1. The zero-order valence-electron chi connectivity index (χ0n) is 19.7. The number of aromatic amines is 1. The van der Waals surface area contributed by atoms with E-state index in [1.54, 1.807) is 31.5 Å². The van der Waals surface area contributed by atoms with Crippen LogP contribution >= 0.6 is 0 Å². The van der Waals surface area contributed by atoms with Crippen molar-refractivity contribution in [2.24, 2.45) is 0 Å². The highest BCUT2D eigenvalue weighted by atomic mass is 19.4. The Morgan fingerprint density at radius 2 is 1.86 bits per heavy atom. The maximum absolute atomic E-state index is 11.4. The largest absolute Gasteiger partial charge is 0.496 e. The summed E-state index contributed by atoms with van der Waals surface area (Å²) in [7, 11) is 1.63. The van der Waals surface area contributed by atoms with Crippen LogP contribution in [0.4, 0.5) is 36.3 Å². The van der Waals surface area contributed by atoms with Gasteiger partial charge in [0.25, 0.3) is 0 Å². The monoisotopic (exact) mass is 521 g/mol. The average molecular weight is 521 g/mol. The summed E-state index contributed by atoms with van der Waals surface area (Å²) in [4.78, 5) is 31.6. The Labute approximate surface area is 206 Å². The van der Waals surface area contributed by atoms with Crippen molar-refractivity contribution in [2.45, 2.75) is 26.6 Å². The molecule has 37 heavy (non-hydrogen) atoms. The number of aromatic nitrogens is 3. The third kappa shape index (κ3) is 6.76. The molecule has 0 saturated heterocycles. The molecular weight excluding hydrogens is 499 g/mol. The molecule has 0 bridgehead atoms. The second kappa shape index (κ2) is 11.0. The van der Waals surface area contributed by atoms with Gasteiger partial charge in [-0.3, -0.25) is 4.98 Å². The number of aliphatic hydroxyl groups is 1. The van der Waals surface area contributed by atoms with E-state index >= 15 is 0 Å². The van der Waals surface area contributed by atoms with Crippen LogP contribution in [0.15, 0.2) is 45.7 Å². The lowest BCUT2D eigenvalue weighted by Gasteiger charge is -2.14. The van der Waals surface area contributed by atoms with Crippen LogP contribution in [0.3, 0.4) is 0 Å². The van der Waals surface area contributed by atoms with Gasteiger partial charge < -0.3 is 30.0 Å². The van der Waals surface area contributed by atoms with Crippen molar-refractivity contribution >= 4 is 40.2 Å². The van der Waals surface area contributed by atoms with E-state index in [4.69, 9.17) is 19.1 Å². The standard InChI is InChI=1S/C21H21N5O4.C2HF3O2/c1-11-6-15(8-18(29-3)12(11)2)24-20-22-9-13(10-27)19(26-20)23-14-4-5-17-16(7-14)25-21(28)30-17;3-2(4,5)1(6)7/h4-9,27H,10H2,1-3H3,(H,25,28)(H2,22,23,24,26);(H,6,7). The van der Waals surface area contributed by atoms with E-state index in [1.165, 1.54) is 0 Å². The van der Waals surface area contributed by atoms with E-state index in [0.29, 0.717) is 34.1 Å². The molecule has 0 amide bonds. The Kier molecular flexibility index (Phi) is 8.02. The summed E-state index contributed by atoms with van der Waals surface area (Å²) in [5, 5.41) is 23.1. The molecule has 2 aromatic carbocycles. The highest BCUT2D eigenvalue weighted by Gasteiger charge is 2.38. The predicted molar refractivity (Wildman–Crippen MR) is 128 cm³/mol. The fraction of sp³-hybridized carbons (Fsp3) is 0.217. The van der Waals surface area contributed by atoms with E-state index in [2.05, 4.69) is 25.6 Å². The first-order valence-corrected chi connectivity index (χ1v) is 10.5. The number of nitrogens with zero attached hydrogens (tertiary/aromatic N) is 2. The zero-order valence-corrected chi connectivity index (χ0v) is 19.7. The van der Waals surface area contributed by atoms with Gasteiger partial charge in [0.1, 0.15) is 11.6 Å². The summed E-state index contributed by atoms with van der Waals surface area (Å²) in [6.45, 7) is 3.77. The zero-order chi connectivity index (χ0) is 27.3. The molecule has 2 aromatic heterocycles. The van der Waals surface area contributed by atoms with Crippen LogP contribution in [0.2, 0.25) is 0 Å². The van der Waals surface area contributed by atoms with E-state index in [-0.39, 0.29) is 6.61 Å². The summed E-state index contributed by atoms with van der Waals surface area (Å²) < 4.78 is 42.2. The second-order valence-corrected chi connectivity index (χ2v) is 7.62. The van der Waals surface area contributed by atoms with E-state index in [1.807, 2.05) is 26.0 Å². The molecule has 0 aliphatic heterocycles. The number of carboxylic acids is 1. The van der Waals surface area contributed by atoms with Crippen LogP contribution in [-0.2, 0) is 11.4 Å². The molecule has 0 aliphatic rings. The molecule has 196 valence electrons. The van der Waals surface area contributed by atoms with Crippen molar-refractivity contribution in [3.63, 3.8) is 0 Å². The molecule has 14 heteroatoms. The summed E-state index contributed by atoms with van der Waals surface area (Å²) in [6, 6.07) is 9.02. The van der Waals surface area contributed by atoms with Gasteiger partial charge in [-0.05, 0) is 49.2 Å². The number of fused-ring (bicyclic) bond motifs is 1. The van der Waals surface area contributed by atoms with Gasteiger partial charge in [0.05, 0.1) is 19.2 Å². The molecule has 2 heterocycles. The smallest absolute Gasteiger partial charge is 0.490 e. The molecule has 4 aromatic rings. The predicted octanol–water partition coefficient (Wildman–Crippen LogP) is 4.15. The average Bonchev–Trinajstić information content (AvgIpc) is 3.20. The lowest BCUT2D eigenvalue weighted by molar-refractivity contribution is -0.192. The van der Waals surface area contributed by atoms with E-state index in [9.17, 15) is 23.1 Å². The first-order valence-electron chi connectivity index (χ1n) is 10.5. The van der Waals surface area contributed by atoms with Gasteiger partial charge >= 0.3 is 17.9 Å². The SMILES string of the molecule is COc1cc(Nc2ncc(CO)c(Nc3ccc4oc(=O)[nH]c4c3)n2)cc(C)c1C.O=C(O)C(F)(F)F. The number of anilines is 4. The number of halogens is 3. The number of benzene rings is 2. The van der Waals surface area contributed by atoms with Gasteiger partial charge in [-0.1, -0.05) is 0 Å². The van der Waals surface area contributed by atoms with Crippen molar-refractivity contribution in [1.29, 1.82) is 0 Å². The number of alkyl halides is 3. The van der Waals surface area contributed by atoms with E-state index in [0.717, 1.165) is 22.6 Å². The lowest BCUT2D eigenvalue weighted by Crippen LogP contribution is -2.21. The highest BCUT2D eigenvalue weighted by Crippen LogP contribution is 2.28. The number of aliphatic carboxylic acids is 1. The van der Waals surface area contributed by atoms with Crippen LogP contribution in [0, 0.1) is 13.8 Å². The molecule has 0 aliphatic carbocycles. The van der Waals surface area contributed by atoms with E-state index < -0.39 is 17.9 Å². The van der Waals surface area contributed by atoms with Crippen LogP contribution in [-0.4, -0.2) is 44.4 Å². The Hall–Kier alpha value is -4.59. The normalized spacial score (nSPS) is 11.0. The number of hydrogen-bond acceptors (Lipinski definition) is 9. The minimum atomic E-state index is -5.08. The van der Waals surface area contributed by atoms with Gasteiger partial charge in [0.15, 0.2) is 5.58 Å². The molecule has 5 N–H and O–H groups in total. The molecule has 0 saturated carbocycles. The number of carbonyl (C=O) groups is 1. The number of oxazole rings is 1. The first-order chi connectivity index (χ1) is 17.4. The Bertz CT molecular complexity index is 1480. The van der Waals surface area contributed by atoms with Gasteiger partial charge in [-0.15, -0.1) is 0 Å². The number of rotatable bonds is 6.